The first-order chi connectivity index (χ1) is 9.80. The van der Waals surface area contributed by atoms with Crippen LogP contribution in [0.25, 0.3) is 0 Å². The Kier molecular flexibility index (Phi) is 6.72. The van der Waals surface area contributed by atoms with E-state index >= 15 is 0 Å². The number of rotatable bonds is 6. The summed E-state index contributed by atoms with van der Waals surface area (Å²) in [7, 11) is 0. The maximum Gasteiger partial charge on any atom is 0.336 e. The molecule has 0 saturated heterocycles. The molecule has 0 aliphatic carbocycles. The number of unbranched alkanes of at least 4 members (excludes halogenated alkanes) is 1. The summed E-state index contributed by atoms with van der Waals surface area (Å²) in [6.07, 6.45) is 3.90. The molecule has 0 aromatic heterocycles. The van der Waals surface area contributed by atoms with Gasteiger partial charge in [0.15, 0.2) is 0 Å². The summed E-state index contributed by atoms with van der Waals surface area (Å²) in [5.74, 6) is -0.184. The second kappa shape index (κ2) is 7.83. The van der Waals surface area contributed by atoms with Gasteiger partial charge in [-0.15, -0.1) is 0 Å². The van der Waals surface area contributed by atoms with E-state index in [-0.39, 0.29) is 12.2 Å². The van der Waals surface area contributed by atoms with Crippen LogP contribution in [-0.4, -0.2) is 35.8 Å². The Morgan fingerprint density at radius 3 is 2.52 bits per heavy atom. The Morgan fingerprint density at radius 1 is 1.33 bits per heavy atom. The predicted octanol–water partition coefficient (Wildman–Crippen LogP) is 3.86. The number of ether oxygens (including phenoxy) is 2. The third-order valence-corrected chi connectivity index (χ3v) is 3.61. The minimum atomic E-state index is -0.449. The average molecular weight is 297 g/mol. The fourth-order valence-electron chi connectivity index (χ4n) is 2.59. The van der Waals surface area contributed by atoms with Crippen LogP contribution in [-0.2, 0) is 14.3 Å². The van der Waals surface area contributed by atoms with Crippen molar-refractivity contribution in [2.75, 3.05) is 13.2 Å². The van der Waals surface area contributed by atoms with E-state index in [1.54, 1.807) is 0 Å². The molecule has 0 aromatic rings. The lowest BCUT2D eigenvalue weighted by Crippen LogP contribution is -2.41. The molecule has 21 heavy (non-hydrogen) atoms. The number of hydrogen-bond donors (Lipinski definition) is 0. The average Bonchev–Trinajstić information content (AvgIpc) is 2.36. The molecule has 0 aromatic carbocycles. The lowest BCUT2D eigenvalue weighted by Gasteiger charge is -2.39. The third-order valence-electron chi connectivity index (χ3n) is 3.61. The van der Waals surface area contributed by atoms with Gasteiger partial charge in [-0.3, -0.25) is 0 Å². The van der Waals surface area contributed by atoms with Crippen molar-refractivity contribution in [2.24, 2.45) is 0 Å². The SMILES string of the molecule is CCCCN1C(C)=C(C(=O)OC(C)(C)C)CCC1OCC. The van der Waals surface area contributed by atoms with Crippen molar-refractivity contribution in [2.45, 2.75) is 79.1 Å². The van der Waals surface area contributed by atoms with Gasteiger partial charge < -0.3 is 14.4 Å². The summed E-state index contributed by atoms with van der Waals surface area (Å²) in [4.78, 5) is 14.6. The second-order valence-corrected chi connectivity index (χ2v) is 6.56. The molecule has 0 radical (unpaired) electrons. The smallest absolute Gasteiger partial charge is 0.336 e. The van der Waals surface area contributed by atoms with Gasteiger partial charge in [0, 0.05) is 18.8 Å². The fourth-order valence-corrected chi connectivity index (χ4v) is 2.59. The molecule has 0 saturated carbocycles. The Labute approximate surface area is 129 Å². The molecule has 1 rings (SSSR count). The molecule has 122 valence electrons. The molecule has 0 bridgehead atoms. The zero-order chi connectivity index (χ0) is 16.0. The van der Waals surface area contributed by atoms with E-state index < -0.39 is 5.60 Å². The van der Waals surface area contributed by atoms with E-state index in [9.17, 15) is 4.79 Å². The van der Waals surface area contributed by atoms with Gasteiger partial charge in [-0.05, 0) is 53.9 Å². The molecule has 1 heterocycles. The molecule has 0 spiro atoms. The summed E-state index contributed by atoms with van der Waals surface area (Å²) in [5.41, 5.74) is 1.37. The van der Waals surface area contributed by atoms with E-state index in [1.807, 2.05) is 34.6 Å². The van der Waals surface area contributed by atoms with E-state index in [1.165, 1.54) is 0 Å². The van der Waals surface area contributed by atoms with Gasteiger partial charge in [0.1, 0.15) is 11.8 Å². The topological polar surface area (TPSA) is 38.8 Å². The van der Waals surface area contributed by atoms with Crippen molar-refractivity contribution in [1.82, 2.24) is 4.90 Å². The number of carbonyl (C=O) groups is 1. The van der Waals surface area contributed by atoms with Gasteiger partial charge in [0.05, 0.1) is 5.57 Å². The van der Waals surface area contributed by atoms with Crippen LogP contribution in [0, 0.1) is 0 Å². The van der Waals surface area contributed by atoms with Crippen molar-refractivity contribution in [3.05, 3.63) is 11.3 Å². The Morgan fingerprint density at radius 2 is 2.00 bits per heavy atom. The first-order valence-corrected chi connectivity index (χ1v) is 8.11. The van der Waals surface area contributed by atoms with Gasteiger partial charge in [-0.1, -0.05) is 13.3 Å². The molecular formula is C17H31NO3. The monoisotopic (exact) mass is 297 g/mol. The minimum Gasteiger partial charge on any atom is -0.457 e. The van der Waals surface area contributed by atoms with Crippen molar-refractivity contribution in [1.29, 1.82) is 0 Å². The van der Waals surface area contributed by atoms with E-state index in [0.717, 1.165) is 43.5 Å². The van der Waals surface area contributed by atoms with Crippen LogP contribution in [0.4, 0.5) is 0 Å². The van der Waals surface area contributed by atoms with Crippen LogP contribution in [0.1, 0.15) is 67.2 Å². The maximum absolute atomic E-state index is 12.4. The van der Waals surface area contributed by atoms with Crippen molar-refractivity contribution in [3.63, 3.8) is 0 Å². The molecule has 4 nitrogen and oxygen atoms in total. The molecule has 1 unspecified atom stereocenters. The van der Waals surface area contributed by atoms with E-state index in [0.29, 0.717) is 6.61 Å². The lowest BCUT2D eigenvalue weighted by molar-refractivity contribution is -0.151. The van der Waals surface area contributed by atoms with Gasteiger partial charge in [0.2, 0.25) is 0 Å². The highest BCUT2D eigenvalue weighted by Crippen LogP contribution is 2.29. The molecule has 0 amide bonds. The van der Waals surface area contributed by atoms with Gasteiger partial charge in [-0.2, -0.15) is 0 Å². The quantitative estimate of drug-likeness (QED) is 0.698. The van der Waals surface area contributed by atoms with E-state index in [2.05, 4.69) is 11.8 Å². The van der Waals surface area contributed by atoms with E-state index in [4.69, 9.17) is 9.47 Å². The first-order valence-electron chi connectivity index (χ1n) is 8.11. The van der Waals surface area contributed by atoms with Crippen molar-refractivity contribution in [3.8, 4) is 0 Å². The molecule has 1 aliphatic rings. The molecule has 4 heteroatoms. The van der Waals surface area contributed by atoms with Crippen LogP contribution >= 0.6 is 0 Å². The summed E-state index contributed by atoms with van der Waals surface area (Å²) >= 11 is 0. The molecule has 0 fully saturated rings. The summed E-state index contributed by atoms with van der Waals surface area (Å²) in [5, 5.41) is 0. The first kappa shape index (κ1) is 18.0. The summed E-state index contributed by atoms with van der Waals surface area (Å²) < 4.78 is 11.4. The Bertz CT molecular complexity index is 382. The van der Waals surface area contributed by atoms with Crippen molar-refractivity contribution >= 4 is 5.97 Å². The lowest BCUT2D eigenvalue weighted by atomic mass is 10.0. The summed E-state index contributed by atoms with van der Waals surface area (Å²) in [6.45, 7) is 13.5. The highest BCUT2D eigenvalue weighted by molar-refractivity contribution is 5.89. The Hall–Kier alpha value is -1.03. The number of nitrogens with zero attached hydrogens (tertiary/aromatic N) is 1. The zero-order valence-electron chi connectivity index (χ0n) is 14.5. The van der Waals surface area contributed by atoms with Gasteiger partial charge in [0.25, 0.3) is 0 Å². The number of allylic oxidation sites excluding steroid dienone is 1. The molecular weight excluding hydrogens is 266 g/mol. The van der Waals surface area contributed by atoms with Crippen LogP contribution in [0.15, 0.2) is 11.3 Å². The van der Waals surface area contributed by atoms with Crippen LogP contribution in [0.2, 0.25) is 0 Å². The third kappa shape index (κ3) is 5.34. The summed E-state index contributed by atoms with van der Waals surface area (Å²) in [6, 6.07) is 0. The van der Waals surface area contributed by atoms with Crippen LogP contribution in [0.5, 0.6) is 0 Å². The van der Waals surface area contributed by atoms with Crippen LogP contribution < -0.4 is 0 Å². The zero-order valence-corrected chi connectivity index (χ0v) is 14.5. The van der Waals surface area contributed by atoms with Crippen molar-refractivity contribution < 1.29 is 14.3 Å². The predicted molar refractivity (Wildman–Crippen MR) is 84.8 cm³/mol. The van der Waals surface area contributed by atoms with Gasteiger partial charge >= 0.3 is 5.97 Å². The largest absolute Gasteiger partial charge is 0.457 e. The number of hydrogen-bond acceptors (Lipinski definition) is 4. The molecule has 0 N–H and O–H groups in total. The maximum atomic E-state index is 12.4. The second-order valence-electron chi connectivity index (χ2n) is 6.56. The highest BCUT2D eigenvalue weighted by Gasteiger charge is 2.31. The standard InChI is InChI=1S/C17H31NO3/c1-7-9-12-18-13(3)14(10-11-15(18)20-8-2)16(19)21-17(4,5)6/h15H,7-12H2,1-6H3. The minimum absolute atomic E-state index is 0.0905. The number of carbonyl (C=O) groups excluding carboxylic acids is 1. The Balaban J connectivity index is 2.92. The fraction of sp³-hybridized carbons (Fsp3) is 0.824. The normalized spacial score (nSPS) is 19.9. The molecule has 1 aliphatic heterocycles. The molecule has 1 atom stereocenters. The highest BCUT2D eigenvalue weighted by atomic mass is 16.6. The van der Waals surface area contributed by atoms with Gasteiger partial charge in [-0.25, -0.2) is 4.79 Å². The van der Waals surface area contributed by atoms with Crippen LogP contribution in [0.3, 0.4) is 0 Å². The number of esters is 1.